The predicted octanol–water partition coefficient (Wildman–Crippen LogP) is 4.08. The van der Waals surface area contributed by atoms with Gasteiger partial charge in [-0.15, -0.1) is 0 Å². The van der Waals surface area contributed by atoms with Crippen molar-refractivity contribution in [2.45, 2.75) is 39.2 Å². The molecule has 0 amide bonds. The van der Waals surface area contributed by atoms with Crippen molar-refractivity contribution in [2.75, 3.05) is 5.32 Å². The second kappa shape index (κ2) is 6.48. The molecule has 1 saturated carbocycles. The van der Waals surface area contributed by atoms with Crippen molar-refractivity contribution < 1.29 is 8.78 Å². The summed E-state index contributed by atoms with van der Waals surface area (Å²) in [6, 6.07) is 3.71. The van der Waals surface area contributed by atoms with Gasteiger partial charge in [-0.05, 0) is 42.6 Å². The number of rotatable bonds is 2. The summed E-state index contributed by atoms with van der Waals surface area (Å²) in [4.78, 5) is 0. The maximum Gasteiger partial charge on any atom is 0.171 e. The standard InChI is InChI=1S/C15H20F2N2S/c1-9-4-3-5-13(10(9)2)18-15(20)19-14-7-6-11(16)8-12(14)17/h6-10,13H,3-5H2,1-2H3,(H2,18,19,20). The Balaban J connectivity index is 1.95. The van der Waals surface area contributed by atoms with Gasteiger partial charge >= 0.3 is 0 Å². The van der Waals surface area contributed by atoms with E-state index in [-0.39, 0.29) is 5.69 Å². The zero-order chi connectivity index (χ0) is 14.7. The summed E-state index contributed by atoms with van der Waals surface area (Å²) < 4.78 is 26.4. The van der Waals surface area contributed by atoms with Crippen LogP contribution in [0.1, 0.15) is 33.1 Å². The number of hydrogen-bond donors (Lipinski definition) is 2. The molecule has 5 heteroatoms. The zero-order valence-corrected chi connectivity index (χ0v) is 12.6. The van der Waals surface area contributed by atoms with Crippen molar-refractivity contribution in [3.05, 3.63) is 29.8 Å². The Morgan fingerprint density at radius 2 is 2.00 bits per heavy atom. The van der Waals surface area contributed by atoms with E-state index in [0.29, 0.717) is 23.0 Å². The summed E-state index contributed by atoms with van der Waals surface area (Å²) in [6.45, 7) is 4.46. The Bertz CT molecular complexity index is 493. The summed E-state index contributed by atoms with van der Waals surface area (Å²) in [6.07, 6.45) is 3.49. The smallest absolute Gasteiger partial charge is 0.171 e. The minimum Gasteiger partial charge on any atom is -0.359 e. The second-order valence-electron chi connectivity index (χ2n) is 5.60. The molecule has 0 heterocycles. The van der Waals surface area contributed by atoms with Gasteiger partial charge in [-0.3, -0.25) is 0 Å². The van der Waals surface area contributed by atoms with Crippen molar-refractivity contribution in [1.82, 2.24) is 5.32 Å². The van der Waals surface area contributed by atoms with E-state index >= 15 is 0 Å². The van der Waals surface area contributed by atoms with Crippen LogP contribution in [0.25, 0.3) is 0 Å². The normalized spacial score (nSPS) is 26.1. The van der Waals surface area contributed by atoms with Crippen LogP contribution in [-0.4, -0.2) is 11.2 Å². The highest BCUT2D eigenvalue weighted by molar-refractivity contribution is 7.80. The summed E-state index contributed by atoms with van der Waals surface area (Å²) in [5, 5.41) is 6.44. The van der Waals surface area contributed by atoms with Crippen LogP contribution in [0.2, 0.25) is 0 Å². The van der Waals surface area contributed by atoms with E-state index in [1.54, 1.807) is 0 Å². The van der Waals surface area contributed by atoms with Gasteiger partial charge in [0, 0.05) is 12.1 Å². The molecule has 20 heavy (non-hydrogen) atoms. The molecule has 0 spiro atoms. The fourth-order valence-corrected chi connectivity index (χ4v) is 2.96. The number of thiocarbonyl (C=S) groups is 1. The molecule has 2 rings (SSSR count). The van der Waals surface area contributed by atoms with Crippen LogP contribution in [0.15, 0.2) is 18.2 Å². The van der Waals surface area contributed by atoms with Crippen molar-refractivity contribution in [1.29, 1.82) is 0 Å². The predicted molar refractivity (Wildman–Crippen MR) is 81.7 cm³/mol. The van der Waals surface area contributed by atoms with Crippen LogP contribution in [-0.2, 0) is 0 Å². The van der Waals surface area contributed by atoms with Crippen molar-refractivity contribution >= 4 is 23.0 Å². The molecule has 2 N–H and O–H groups in total. The number of anilines is 1. The average molecular weight is 298 g/mol. The quantitative estimate of drug-likeness (QED) is 0.805. The van der Waals surface area contributed by atoms with Gasteiger partial charge in [0.2, 0.25) is 0 Å². The van der Waals surface area contributed by atoms with E-state index in [0.717, 1.165) is 12.5 Å². The Morgan fingerprint density at radius 1 is 1.25 bits per heavy atom. The van der Waals surface area contributed by atoms with Gasteiger partial charge in [0.25, 0.3) is 0 Å². The van der Waals surface area contributed by atoms with E-state index in [9.17, 15) is 8.78 Å². The molecule has 1 aromatic rings. The second-order valence-corrected chi connectivity index (χ2v) is 6.00. The third-order valence-electron chi connectivity index (χ3n) is 4.20. The third kappa shape index (κ3) is 3.66. The highest BCUT2D eigenvalue weighted by atomic mass is 32.1. The van der Waals surface area contributed by atoms with Crippen LogP contribution < -0.4 is 10.6 Å². The van der Waals surface area contributed by atoms with Gasteiger partial charge in [0.15, 0.2) is 5.11 Å². The van der Waals surface area contributed by atoms with Gasteiger partial charge in [-0.25, -0.2) is 8.78 Å². The molecule has 110 valence electrons. The molecular weight excluding hydrogens is 278 g/mol. The Hall–Kier alpha value is -1.23. The SMILES string of the molecule is CC1CCCC(NC(=S)Nc2ccc(F)cc2F)C1C. The molecule has 1 aliphatic rings. The monoisotopic (exact) mass is 298 g/mol. The lowest BCUT2D eigenvalue weighted by molar-refractivity contribution is 0.225. The summed E-state index contributed by atoms with van der Waals surface area (Å²) >= 11 is 5.22. The van der Waals surface area contributed by atoms with Crippen LogP contribution in [0.5, 0.6) is 0 Å². The van der Waals surface area contributed by atoms with Gasteiger partial charge in [0.1, 0.15) is 11.6 Å². The Labute approximate surface area is 123 Å². The van der Waals surface area contributed by atoms with Crippen molar-refractivity contribution in [2.24, 2.45) is 11.8 Å². The van der Waals surface area contributed by atoms with E-state index in [4.69, 9.17) is 12.2 Å². The lowest BCUT2D eigenvalue weighted by Crippen LogP contribution is -2.45. The van der Waals surface area contributed by atoms with Gasteiger partial charge in [-0.1, -0.05) is 26.7 Å². The molecule has 0 aliphatic heterocycles. The first kappa shape index (κ1) is 15.2. The first-order valence-electron chi connectivity index (χ1n) is 7.00. The minimum atomic E-state index is -0.640. The third-order valence-corrected chi connectivity index (χ3v) is 4.42. The lowest BCUT2D eigenvalue weighted by Gasteiger charge is -2.35. The maximum absolute atomic E-state index is 13.5. The number of hydrogen-bond acceptors (Lipinski definition) is 1. The van der Waals surface area contributed by atoms with Crippen LogP contribution >= 0.6 is 12.2 Å². The molecule has 2 nitrogen and oxygen atoms in total. The summed E-state index contributed by atoms with van der Waals surface area (Å²) in [7, 11) is 0. The van der Waals surface area contributed by atoms with Crippen LogP contribution in [0.3, 0.4) is 0 Å². The van der Waals surface area contributed by atoms with E-state index in [1.807, 2.05) is 0 Å². The Kier molecular flexibility index (Phi) is 4.91. The van der Waals surface area contributed by atoms with E-state index < -0.39 is 11.6 Å². The lowest BCUT2D eigenvalue weighted by atomic mass is 9.78. The first-order chi connectivity index (χ1) is 9.47. The minimum absolute atomic E-state index is 0.195. The molecule has 1 aliphatic carbocycles. The molecular formula is C15H20F2N2S. The number of halogens is 2. The maximum atomic E-state index is 13.5. The molecule has 0 saturated heterocycles. The van der Waals surface area contributed by atoms with Gasteiger partial charge < -0.3 is 10.6 Å². The van der Waals surface area contributed by atoms with Crippen LogP contribution in [0.4, 0.5) is 14.5 Å². The molecule has 0 aromatic heterocycles. The molecule has 0 radical (unpaired) electrons. The van der Waals surface area contributed by atoms with E-state index in [1.165, 1.54) is 25.0 Å². The largest absolute Gasteiger partial charge is 0.359 e. The highest BCUT2D eigenvalue weighted by Crippen LogP contribution is 2.29. The topological polar surface area (TPSA) is 24.1 Å². The van der Waals surface area contributed by atoms with E-state index in [2.05, 4.69) is 24.5 Å². The molecule has 3 atom stereocenters. The Morgan fingerprint density at radius 3 is 2.70 bits per heavy atom. The highest BCUT2D eigenvalue weighted by Gasteiger charge is 2.27. The number of nitrogens with one attached hydrogen (secondary N) is 2. The zero-order valence-electron chi connectivity index (χ0n) is 11.7. The molecule has 3 unspecified atom stereocenters. The average Bonchev–Trinajstić information content (AvgIpc) is 2.38. The number of benzene rings is 1. The van der Waals surface area contributed by atoms with Crippen LogP contribution in [0, 0.1) is 23.5 Å². The van der Waals surface area contributed by atoms with Crippen molar-refractivity contribution in [3.63, 3.8) is 0 Å². The molecule has 0 bridgehead atoms. The van der Waals surface area contributed by atoms with Gasteiger partial charge in [-0.2, -0.15) is 0 Å². The fourth-order valence-electron chi connectivity index (χ4n) is 2.70. The summed E-state index contributed by atoms with van der Waals surface area (Å²) in [5.74, 6) is -0.0472. The first-order valence-corrected chi connectivity index (χ1v) is 7.40. The van der Waals surface area contributed by atoms with Crippen molar-refractivity contribution in [3.8, 4) is 0 Å². The fraction of sp³-hybridized carbons (Fsp3) is 0.533. The van der Waals surface area contributed by atoms with Gasteiger partial charge in [0.05, 0.1) is 5.69 Å². The molecule has 1 aromatic carbocycles. The summed E-state index contributed by atoms with van der Waals surface area (Å²) in [5.41, 5.74) is 0.195. The molecule has 1 fully saturated rings.